The first-order chi connectivity index (χ1) is 15.3. The highest BCUT2D eigenvalue weighted by Gasteiger charge is 2.32. The van der Waals surface area contributed by atoms with Crippen LogP contribution in [0.25, 0.3) is 0 Å². The van der Waals surface area contributed by atoms with Crippen LogP contribution < -0.4 is 0 Å². The molecule has 10 nitrogen and oxygen atoms in total. The van der Waals surface area contributed by atoms with Crippen LogP contribution in [0.2, 0.25) is 0 Å². The number of carboxylic acids is 2. The van der Waals surface area contributed by atoms with E-state index in [-0.39, 0.29) is 12.0 Å². The zero-order valence-corrected chi connectivity index (χ0v) is 19.0. The maximum atomic E-state index is 12.8. The molecule has 3 fully saturated rings. The van der Waals surface area contributed by atoms with Crippen molar-refractivity contribution in [1.29, 1.82) is 0 Å². The Morgan fingerprint density at radius 3 is 1.81 bits per heavy atom. The van der Waals surface area contributed by atoms with Gasteiger partial charge in [0.2, 0.25) is 5.91 Å². The highest BCUT2D eigenvalue weighted by atomic mass is 16.6. The second-order valence-corrected chi connectivity index (χ2v) is 8.70. The third-order valence-corrected chi connectivity index (χ3v) is 6.48. The predicted molar refractivity (Wildman–Crippen MR) is 116 cm³/mol. The van der Waals surface area contributed by atoms with E-state index in [0.717, 1.165) is 31.8 Å². The minimum absolute atomic E-state index is 0.173. The quantitative estimate of drug-likeness (QED) is 0.614. The van der Waals surface area contributed by atoms with Gasteiger partial charge in [0, 0.05) is 38.6 Å². The first-order valence-corrected chi connectivity index (χ1v) is 11.7. The van der Waals surface area contributed by atoms with Gasteiger partial charge in [-0.3, -0.25) is 4.79 Å². The number of aliphatic carboxylic acids is 2. The molecule has 2 amide bonds. The van der Waals surface area contributed by atoms with E-state index < -0.39 is 11.9 Å². The number of nitrogens with zero attached hydrogens (tertiary/aromatic N) is 3. The maximum absolute atomic E-state index is 12.8. The molecule has 0 aromatic rings. The van der Waals surface area contributed by atoms with Crippen molar-refractivity contribution in [1.82, 2.24) is 14.7 Å². The fourth-order valence-corrected chi connectivity index (χ4v) is 4.68. The summed E-state index contributed by atoms with van der Waals surface area (Å²) in [5.41, 5.74) is 0. The Labute approximate surface area is 189 Å². The van der Waals surface area contributed by atoms with Crippen molar-refractivity contribution in [2.75, 3.05) is 52.4 Å². The van der Waals surface area contributed by atoms with Crippen LogP contribution in [0.1, 0.15) is 51.9 Å². The van der Waals surface area contributed by atoms with Gasteiger partial charge < -0.3 is 29.6 Å². The highest BCUT2D eigenvalue weighted by Crippen LogP contribution is 2.27. The third kappa shape index (κ3) is 8.29. The number of piperidine rings is 1. The fraction of sp³-hybridized carbons (Fsp3) is 0.818. The van der Waals surface area contributed by atoms with Crippen molar-refractivity contribution in [2.45, 2.75) is 51.9 Å². The molecule has 0 bridgehead atoms. The van der Waals surface area contributed by atoms with Crippen LogP contribution in [0, 0.1) is 11.8 Å². The van der Waals surface area contributed by atoms with Gasteiger partial charge >= 0.3 is 18.0 Å². The molecule has 0 unspecified atom stereocenters. The van der Waals surface area contributed by atoms with Gasteiger partial charge in [-0.05, 0) is 51.6 Å². The molecule has 10 heteroatoms. The van der Waals surface area contributed by atoms with E-state index in [4.69, 9.17) is 24.5 Å². The summed E-state index contributed by atoms with van der Waals surface area (Å²) in [5, 5.41) is 14.8. The van der Waals surface area contributed by atoms with Crippen LogP contribution in [-0.2, 0) is 19.1 Å². The summed E-state index contributed by atoms with van der Waals surface area (Å²) < 4.78 is 5.05. The van der Waals surface area contributed by atoms with Crippen LogP contribution in [0.4, 0.5) is 4.79 Å². The lowest BCUT2D eigenvalue weighted by Crippen LogP contribution is -2.53. The van der Waals surface area contributed by atoms with E-state index in [1.807, 2.05) is 11.8 Å². The zero-order valence-electron chi connectivity index (χ0n) is 19.0. The van der Waals surface area contributed by atoms with Crippen LogP contribution in [0.15, 0.2) is 0 Å². The van der Waals surface area contributed by atoms with Crippen LogP contribution in [0.5, 0.6) is 0 Å². The van der Waals surface area contributed by atoms with Crippen molar-refractivity contribution in [3.8, 4) is 0 Å². The topological polar surface area (TPSA) is 128 Å². The van der Waals surface area contributed by atoms with E-state index >= 15 is 0 Å². The molecule has 1 saturated carbocycles. The van der Waals surface area contributed by atoms with Gasteiger partial charge in [0.1, 0.15) is 0 Å². The van der Waals surface area contributed by atoms with Gasteiger partial charge in [0.15, 0.2) is 0 Å². The third-order valence-electron chi connectivity index (χ3n) is 6.48. The molecule has 0 aromatic heterocycles. The number of amides is 2. The van der Waals surface area contributed by atoms with Crippen molar-refractivity contribution < 1.29 is 34.1 Å². The average Bonchev–Trinajstić information content (AvgIpc) is 2.80. The lowest BCUT2D eigenvalue weighted by molar-refractivity contribution is -0.159. The number of ether oxygens (including phenoxy) is 1. The fourth-order valence-electron chi connectivity index (χ4n) is 4.68. The number of hydrogen-bond donors (Lipinski definition) is 2. The highest BCUT2D eigenvalue weighted by molar-refractivity contribution is 6.27. The average molecular weight is 456 g/mol. The Balaban J connectivity index is 0.000000534. The molecular formula is C22H37N3O7. The van der Waals surface area contributed by atoms with E-state index in [9.17, 15) is 9.59 Å². The predicted octanol–water partition coefficient (Wildman–Crippen LogP) is 1.74. The van der Waals surface area contributed by atoms with Gasteiger partial charge in [-0.1, -0.05) is 19.3 Å². The maximum Gasteiger partial charge on any atom is 0.414 e. The molecule has 0 atom stereocenters. The zero-order chi connectivity index (χ0) is 23.5. The Kier molecular flexibility index (Phi) is 10.7. The second-order valence-electron chi connectivity index (χ2n) is 8.70. The molecule has 2 heterocycles. The van der Waals surface area contributed by atoms with Gasteiger partial charge in [0.25, 0.3) is 0 Å². The Morgan fingerprint density at radius 2 is 1.31 bits per heavy atom. The van der Waals surface area contributed by atoms with Crippen molar-refractivity contribution in [3.63, 3.8) is 0 Å². The summed E-state index contributed by atoms with van der Waals surface area (Å²) in [4.78, 5) is 49.0. The molecular weight excluding hydrogens is 418 g/mol. The summed E-state index contributed by atoms with van der Waals surface area (Å²) in [6.45, 7) is 8.04. The minimum Gasteiger partial charge on any atom is -0.473 e. The lowest BCUT2D eigenvalue weighted by atomic mass is 9.87. The number of piperazine rings is 1. The molecule has 2 aliphatic heterocycles. The van der Waals surface area contributed by atoms with Crippen molar-refractivity contribution in [2.24, 2.45) is 11.8 Å². The number of hydrogen-bond acceptors (Lipinski definition) is 6. The van der Waals surface area contributed by atoms with Crippen LogP contribution in [0.3, 0.4) is 0 Å². The Hall–Kier alpha value is -2.36. The largest absolute Gasteiger partial charge is 0.473 e. The van der Waals surface area contributed by atoms with Gasteiger partial charge in [-0.2, -0.15) is 0 Å². The molecule has 2 saturated heterocycles. The molecule has 0 aromatic carbocycles. The molecule has 3 rings (SSSR count). The lowest BCUT2D eigenvalue weighted by Gasteiger charge is -2.39. The number of rotatable bonds is 4. The standard InChI is InChI=1S/C20H35N3O3.C2H2O4/c1-2-26-20(25)23-14-12-22(13-15-23)19(24)18-8-10-21(11-9-18)16-17-6-4-3-5-7-17;3-1(4)2(5)6/h17-18H,2-16H2,1H3;(H,3,4)(H,5,6). The molecule has 182 valence electrons. The normalized spacial score (nSPS) is 20.8. The number of carboxylic acid groups (broad SMARTS) is 2. The van der Waals surface area contributed by atoms with E-state index in [2.05, 4.69) is 4.90 Å². The Morgan fingerprint density at radius 1 is 0.781 bits per heavy atom. The van der Waals surface area contributed by atoms with E-state index in [1.165, 1.54) is 38.6 Å². The second kappa shape index (κ2) is 13.2. The van der Waals surface area contributed by atoms with Crippen LogP contribution in [-0.4, -0.2) is 101 Å². The summed E-state index contributed by atoms with van der Waals surface area (Å²) in [6, 6.07) is 0. The monoisotopic (exact) mass is 455 g/mol. The number of carbonyl (C=O) groups excluding carboxylic acids is 2. The summed E-state index contributed by atoms with van der Waals surface area (Å²) >= 11 is 0. The van der Waals surface area contributed by atoms with E-state index in [1.54, 1.807) is 4.90 Å². The molecule has 0 spiro atoms. The van der Waals surface area contributed by atoms with Gasteiger partial charge in [0.05, 0.1) is 6.61 Å². The van der Waals surface area contributed by atoms with Gasteiger partial charge in [-0.25, -0.2) is 14.4 Å². The van der Waals surface area contributed by atoms with E-state index in [0.29, 0.717) is 38.7 Å². The first kappa shape index (κ1) is 25.9. The molecule has 1 aliphatic carbocycles. The minimum atomic E-state index is -1.82. The summed E-state index contributed by atoms with van der Waals surface area (Å²) in [5.74, 6) is -2.30. The van der Waals surface area contributed by atoms with Crippen molar-refractivity contribution in [3.05, 3.63) is 0 Å². The SMILES string of the molecule is CCOC(=O)N1CCN(C(=O)C2CCN(CC3CCCCC3)CC2)CC1.O=C(O)C(=O)O. The van der Waals surface area contributed by atoms with Crippen LogP contribution >= 0.6 is 0 Å². The summed E-state index contributed by atoms with van der Waals surface area (Å²) in [6.07, 6.45) is 8.72. The summed E-state index contributed by atoms with van der Waals surface area (Å²) in [7, 11) is 0. The molecule has 32 heavy (non-hydrogen) atoms. The molecule has 3 aliphatic rings. The van der Waals surface area contributed by atoms with Gasteiger partial charge in [-0.15, -0.1) is 0 Å². The van der Waals surface area contributed by atoms with Crippen molar-refractivity contribution >= 4 is 23.9 Å². The number of carbonyl (C=O) groups is 4. The molecule has 0 radical (unpaired) electrons. The molecule has 2 N–H and O–H groups in total. The number of likely N-dealkylation sites (tertiary alicyclic amines) is 1. The first-order valence-electron chi connectivity index (χ1n) is 11.7. The smallest absolute Gasteiger partial charge is 0.414 e. The Bertz CT molecular complexity index is 623.